The monoisotopic (exact) mass is 212 g/mol. The zero-order valence-electron chi connectivity index (χ0n) is 8.82. The molecule has 0 bridgehead atoms. The Kier molecular flexibility index (Phi) is 3.89. The van der Waals surface area contributed by atoms with Crippen molar-refractivity contribution in [3.63, 3.8) is 0 Å². The first-order valence-electron chi connectivity index (χ1n) is 4.57. The van der Waals surface area contributed by atoms with Gasteiger partial charge in [-0.05, 0) is 6.07 Å². The Labute approximate surface area is 89.0 Å². The second kappa shape index (κ2) is 4.75. The van der Waals surface area contributed by atoms with Crippen LogP contribution in [-0.4, -0.2) is 19.8 Å². The molecular weight excluding hydrogens is 196 g/mol. The molecule has 1 aromatic rings. The van der Waals surface area contributed by atoms with Gasteiger partial charge in [0.25, 0.3) is 0 Å². The Hall–Kier alpha value is -0.610. The number of hydrogen-bond donors (Lipinski definition) is 1. The van der Waals surface area contributed by atoms with Gasteiger partial charge in [-0.15, -0.1) is 11.8 Å². The molecule has 0 aromatic carbocycles. The quantitative estimate of drug-likeness (QED) is 0.832. The highest BCUT2D eigenvalue weighted by molar-refractivity contribution is 7.99. The van der Waals surface area contributed by atoms with Crippen LogP contribution in [0.15, 0.2) is 12.3 Å². The van der Waals surface area contributed by atoms with Gasteiger partial charge >= 0.3 is 0 Å². The zero-order chi connectivity index (χ0) is 10.6. The molecular formula is C10H16N2OS. The molecule has 0 aliphatic heterocycles. The number of rotatable bonds is 3. The van der Waals surface area contributed by atoms with Gasteiger partial charge in [-0.25, -0.2) is 9.97 Å². The molecule has 0 atom stereocenters. The maximum atomic E-state index is 8.89. The molecule has 0 fully saturated rings. The first-order chi connectivity index (χ1) is 6.51. The van der Waals surface area contributed by atoms with Crippen molar-refractivity contribution in [1.29, 1.82) is 0 Å². The molecule has 14 heavy (non-hydrogen) atoms. The van der Waals surface area contributed by atoms with Crippen LogP contribution in [0.4, 0.5) is 0 Å². The van der Waals surface area contributed by atoms with Gasteiger partial charge in [0, 0.05) is 10.9 Å². The van der Waals surface area contributed by atoms with Gasteiger partial charge in [-0.1, -0.05) is 20.8 Å². The third kappa shape index (κ3) is 4.07. The summed E-state index contributed by atoms with van der Waals surface area (Å²) in [4.78, 5) is 8.36. The van der Waals surface area contributed by atoms with Gasteiger partial charge in [0.2, 0.25) is 0 Å². The van der Waals surface area contributed by atoms with Crippen molar-refractivity contribution in [3.8, 4) is 0 Å². The summed E-state index contributed by atoms with van der Waals surface area (Å²) in [6.07, 6.45) is 1.69. The highest BCUT2D eigenvalue weighted by Gasteiger charge is 2.11. The Morgan fingerprint density at radius 3 is 2.71 bits per heavy atom. The molecule has 0 aliphatic carbocycles. The average Bonchev–Trinajstić information content (AvgIpc) is 2.14. The number of hydrogen-bond acceptors (Lipinski definition) is 4. The lowest BCUT2D eigenvalue weighted by Gasteiger charge is -2.16. The van der Waals surface area contributed by atoms with Crippen LogP contribution in [0.25, 0.3) is 0 Å². The van der Waals surface area contributed by atoms with Crippen molar-refractivity contribution in [1.82, 2.24) is 9.97 Å². The van der Waals surface area contributed by atoms with E-state index in [2.05, 4.69) is 30.7 Å². The largest absolute Gasteiger partial charge is 0.390 e. The van der Waals surface area contributed by atoms with Crippen molar-refractivity contribution < 1.29 is 5.11 Å². The minimum absolute atomic E-state index is 0.0182. The molecule has 0 saturated heterocycles. The second-order valence-electron chi connectivity index (χ2n) is 4.02. The number of aliphatic hydroxyl groups excluding tert-OH is 1. The predicted octanol–water partition coefficient (Wildman–Crippen LogP) is 2.00. The lowest BCUT2D eigenvalue weighted by Crippen LogP contribution is -2.09. The number of nitrogens with zero attached hydrogens (tertiary/aromatic N) is 2. The lowest BCUT2D eigenvalue weighted by atomic mass is 10.3. The Morgan fingerprint density at radius 1 is 1.43 bits per heavy atom. The van der Waals surface area contributed by atoms with Gasteiger partial charge in [0.15, 0.2) is 0 Å². The maximum Gasteiger partial charge on any atom is 0.138 e. The van der Waals surface area contributed by atoms with Gasteiger partial charge in [0.05, 0.1) is 18.1 Å². The summed E-state index contributed by atoms with van der Waals surface area (Å²) in [5.74, 6) is 1.58. The minimum Gasteiger partial charge on any atom is -0.390 e. The highest BCUT2D eigenvalue weighted by atomic mass is 32.2. The molecule has 4 heteroatoms. The molecule has 1 N–H and O–H groups in total. The molecule has 1 aromatic heterocycles. The van der Waals surface area contributed by atoms with Crippen molar-refractivity contribution in [2.45, 2.75) is 37.9 Å². The molecule has 1 heterocycles. The summed E-state index contributed by atoms with van der Waals surface area (Å²) in [7, 11) is 0. The first-order valence-corrected chi connectivity index (χ1v) is 5.55. The van der Waals surface area contributed by atoms with Crippen LogP contribution >= 0.6 is 11.8 Å². The van der Waals surface area contributed by atoms with E-state index in [9.17, 15) is 0 Å². The van der Waals surface area contributed by atoms with Crippen molar-refractivity contribution in [2.24, 2.45) is 0 Å². The topological polar surface area (TPSA) is 46.0 Å². The highest BCUT2D eigenvalue weighted by Crippen LogP contribution is 2.25. The maximum absolute atomic E-state index is 8.89. The first kappa shape index (κ1) is 11.5. The van der Waals surface area contributed by atoms with E-state index in [1.165, 1.54) is 0 Å². The molecule has 0 aliphatic rings. The Bertz CT molecular complexity index is 296. The fraction of sp³-hybridized carbons (Fsp3) is 0.600. The standard InChI is InChI=1S/C10H16N2OS/c1-10(2,3)14-7-9-11-5-4-8(6-13)12-9/h4-5,13H,6-7H2,1-3H3. The van der Waals surface area contributed by atoms with Crippen LogP contribution in [0.3, 0.4) is 0 Å². The van der Waals surface area contributed by atoms with Crippen molar-refractivity contribution >= 4 is 11.8 Å². The van der Waals surface area contributed by atoms with Crippen molar-refractivity contribution in [2.75, 3.05) is 0 Å². The SMILES string of the molecule is CC(C)(C)SCc1nccc(CO)n1. The van der Waals surface area contributed by atoms with Crippen LogP contribution < -0.4 is 0 Å². The summed E-state index contributed by atoms with van der Waals surface area (Å²) in [5, 5.41) is 8.89. The fourth-order valence-corrected chi connectivity index (χ4v) is 1.58. The number of aromatic nitrogens is 2. The van der Waals surface area contributed by atoms with E-state index in [1.807, 2.05) is 0 Å². The molecule has 0 amide bonds. The molecule has 0 spiro atoms. The van der Waals surface area contributed by atoms with Gasteiger partial charge < -0.3 is 5.11 Å². The summed E-state index contributed by atoms with van der Waals surface area (Å²) >= 11 is 1.80. The van der Waals surface area contributed by atoms with E-state index < -0.39 is 0 Å². The normalized spacial score (nSPS) is 11.7. The van der Waals surface area contributed by atoms with E-state index in [4.69, 9.17) is 5.11 Å². The Balaban J connectivity index is 2.59. The summed E-state index contributed by atoms with van der Waals surface area (Å²) in [5.41, 5.74) is 0.685. The third-order valence-corrected chi connectivity index (χ3v) is 2.83. The van der Waals surface area contributed by atoms with Crippen LogP contribution in [-0.2, 0) is 12.4 Å². The van der Waals surface area contributed by atoms with E-state index in [1.54, 1.807) is 24.0 Å². The van der Waals surface area contributed by atoms with Crippen LogP contribution in [0.1, 0.15) is 32.3 Å². The molecule has 0 saturated carbocycles. The molecule has 3 nitrogen and oxygen atoms in total. The van der Waals surface area contributed by atoms with E-state index in [0.717, 1.165) is 11.6 Å². The second-order valence-corrected chi connectivity index (χ2v) is 5.83. The fourth-order valence-electron chi connectivity index (χ4n) is 0.880. The minimum atomic E-state index is -0.0182. The number of aliphatic hydroxyl groups is 1. The van der Waals surface area contributed by atoms with Crippen LogP contribution in [0, 0.1) is 0 Å². The van der Waals surface area contributed by atoms with Crippen LogP contribution in [0.2, 0.25) is 0 Å². The summed E-state index contributed by atoms with van der Waals surface area (Å²) in [6.45, 7) is 6.46. The van der Waals surface area contributed by atoms with E-state index >= 15 is 0 Å². The van der Waals surface area contributed by atoms with Gasteiger partial charge in [-0.3, -0.25) is 0 Å². The zero-order valence-corrected chi connectivity index (χ0v) is 9.64. The molecule has 0 radical (unpaired) electrons. The number of thioether (sulfide) groups is 1. The molecule has 1 rings (SSSR count). The van der Waals surface area contributed by atoms with Crippen molar-refractivity contribution in [3.05, 3.63) is 23.8 Å². The predicted molar refractivity (Wildman–Crippen MR) is 59.0 cm³/mol. The van der Waals surface area contributed by atoms with Crippen LogP contribution in [0.5, 0.6) is 0 Å². The summed E-state index contributed by atoms with van der Waals surface area (Å²) in [6, 6.07) is 1.73. The van der Waals surface area contributed by atoms with E-state index in [-0.39, 0.29) is 11.4 Å². The summed E-state index contributed by atoms with van der Waals surface area (Å²) < 4.78 is 0.221. The molecule has 0 unspecified atom stereocenters. The van der Waals surface area contributed by atoms with Gasteiger partial charge in [0.1, 0.15) is 5.82 Å². The Morgan fingerprint density at radius 2 is 2.14 bits per heavy atom. The van der Waals surface area contributed by atoms with E-state index in [0.29, 0.717) is 5.69 Å². The third-order valence-electron chi connectivity index (χ3n) is 1.56. The lowest BCUT2D eigenvalue weighted by molar-refractivity contribution is 0.276. The molecule has 78 valence electrons. The smallest absolute Gasteiger partial charge is 0.138 e. The van der Waals surface area contributed by atoms with Gasteiger partial charge in [-0.2, -0.15) is 0 Å². The average molecular weight is 212 g/mol.